The highest BCUT2D eigenvalue weighted by atomic mass is 16.5. The van der Waals surface area contributed by atoms with E-state index in [0.717, 1.165) is 25.0 Å². The average Bonchev–Trinajstić information content (AvgIpc) is 2.52. The smallest absolute Gasteiger partial charge is 0.0820 e. The van der Waals surface area contributed by atoms with E-state index >= 15 is 0 Å². The Hall–Kier alpha value is -1.38. The topological polar surface area (TPSA) is 29.5 Å². The van der Waals surface area contributed by atoms with Gasteiger partial charge in [0, 0.05) is 6.61 Å². The lowest BCUT2D eigenvalue weighted by atomic mass is 9.70. The SMILES string of the molecule is OC(c1ccc2ccccc2c1)C1CCOC2(CCC2)C1. The largest absolute Gasteiger partial charge is 0.388 e. The molecule has 2 heteroatoms. The minimum Gasteiger partial charge on any atom is -0.388 e. The Balaban J connectivity index is 1.58. The maximum absolute atomic E-state index is 10.8. The molecule has 0 aromatic heterocycles. The molecule has 1 aliphatic heterocycles. The molecule has 1 saturated heterocycles. The minimum absolute atomic E-state index is 0.0980. The fourth-order valence-electron chi connectivity index (χ4n) is 3.92. The highest BCUT2D eigenvalue weighted by Crippen LogP contribution is 2.47. The Bertz CT molecular complexity index is 645. The van der Waals surface area contributed by atoms with Crippen molar-refractivity contribution in [2.24, 2.45) is 5.92 Å². The number of hydrogen-bond donors (Lipinski definition) is 1. The molecule has 0 bridgehead atoms. The van der Waals surface area contributed by atoms with Gasteiger partial charge in [-0.05, 0) is 60.4 Å². The fraction of sp³-hybridized carbons (Fsp3) is 0.474. The minimum atomic E-state index is -0.365. The lowest BCUT2D eigenvalue weighted by molar-refractivity contribution is -0.157. The Morgan fingerprint density at radius 3 is 2.67 bits per heavy atom. The second kappa shape index (κ2) is 5.11. The van der Waals surface area contributed by atoms with E-state index < -0.39 is 0 Å². The van der Waals surface area contributed by atoms with Gasteiger partial charge in [0.05, 0.1) is 11.7 Å². The summed E-state index contributed by atoms with van der Waals surface area (Å²) in [5.74, 6) is 0.334. The van der Waals surface area contributed by atoms with Crippen LogP contribution in [0.3, 0.4) is 0 Å². The molecule has 4 rings (SSSR count). The highest BCUT2D eigenvalue weighted by molar-refractivity contribution is 5.83. The first-order valence-electron chi connectivity index (χ1n) is 8.07. The van der Waals surface area contributed by atoms with Crippen LogP contribution in [0.4, 0.5) is 0 Å². The van der Waals surface area contributed by atoms with Crippen molar-refractivity contribution >= 4 is 10.8 Å². The van der Waals surface area contributed by atoms with Gasteiger partial charge in [-0.2, -0.15) is 0 Å². The van der Waals surface area contributed by atoms with Crippen LogP contribution in [0.15, 0.2) is 42.5 Å². The maximum Gasteiger partial charge on any atom is 0.0820 e. The van der Waals surface area contributed by atoms with E-state index in [-0.39, 0.29) is 11.7 Å². The van der Waals surface area contributed by atoms with Crippen molar-refractivity contribution in [2.45, 2.75) is 43.8 Å². The summed E-state index contributed by atoms with van der Waals surface area (Å²) in [6.45, 7) is 0.801. The lowest BCUT2D eigenvalue weighted by Gasteiger charge is -2.48. The monoisotopic (exact) mass is 282 g/mol. The number of hydrogen-bond acceptors (Lipinski definition) is 2. The van der Waals surface area contributed by atoms with Gasteiger partial charge in [0.2, 0.25) is 0 Å². The summed E-state index contributed by atoms with van der Waals surface area (Å²) < 4.78 is 5.98. The van der Waals surface area contributed by atoms with Crippen LogP contribution in [0.25, 0.3) is 10.8 Å². The Morgan fingerprint density at radius 2 is 1.90 bits per heavy atom. The van der Waals surface area contributed by atoms with Crippen LogP contribution in [0.1, 0.15) is 43.8 Å². The summed E-state index contributed by atoms with van der Waals surface area (Å²) in [5, 5.41) is 13.2. The first-order valence-corrected chi connectivity index (χ1v) is 8.07. The van der Waals surface area contributed by atoms with Gasteiger partial charge in [-0.1, -0.05) is 36.4 Å². The normalized spacial score (nSPS) is 25.7. The van der Waals surface area contributed by atoms with Crippen LogP contribution in [-0.2, 0) is 4.74 Å². The van der Waals surface area contributed by atoms with Crippen molar-refractivity contribution in [1.29, 1.82) is 0 Å². The van der Waals surface area contributed by atoms with Crippen molar-refractivity contribution in [2.75, 3.05) is 6.61 Å². The second-order valence-electron chi connectivity index (χ2n) is 6.69. The molecule has 0 radical (unpaired) electrons. The van der Waals surface area contributed by atoms with E-state index in [9.17, 15) is 5.11 Å². The maximum atomic E-state index is 10.8. The summed E-state index contributed by atoms with van der Waals surface area (Å²) in [7, 11) is 0. The molecule has 1 saturated carbocycles. The number of aliphatic hydroxyl groups is 1. The first-order chi connectivity index (χ1) is 10.3. The molecular weight excluding hydrogens is 260 g/mol. The molecule has 110 valence electrons. The van der Waals surface area contributed by atoms with E-state index in [1.54, 1.807) is 0 Å². The number of benzene rings is 2. The predicted molar refractivity (Wildman–Crippen MR) is 84.2 cm³/mol. The highest BCUT2D eigenvalue weighted by Gasteiger charge is 2.44. The van der Waals surface area contributed by atoms with Crippen LogP contribution in [0.2, 0.25) is 0 Å². The quantitative estimate of drug-likeness (QED) is 0.893. The molecule has 2 aliphatic rings. The summed E-state index contributed by atoms with van der Waals surface area (Å²) in [6.07, 6.45) is 5.24. The molecule has 2 fully saturated rings. The van der Waals surface area contributed by atoms with Gasteiger partial charge in [-0.25, -0.2) is 0 Å². The molecule has 2 aromatic rings. The lowest BCUT2D eigenvalue weighted by Crippen LogP contribution is -2.46. The van der Waals surface area contributed by atoms with Gasteiger partial charge in [-0.15, -0.1) is 0 Å². The zero-order valence-corrected chi connectivity index (χ0v) is 12.3. The van der Waals surface area contributed by atoms with Crippen molar-refractivity contribution in [3.05, 3.63) is 48.0 Å². The van der Waals surface area contributed by atoms with E-state index in [2.05, 4.69) is 42.5 Å². The molecule has 2 unspecified atom stereocenters. The number of fused-ring (bicyclic) bond motifs is 1. The number of ether oxygens (including phenoxy) is 1. The standard InChI is InChI=1S/C19H22O2/c20-18(17-8-11-21-19(13-17)9-3-10-19)16-7-6-14-4-1-2-5-15(14)12-16/h1-2,4-7,12,17-18,20H,3,8-11,13H2. The molecule has 1 N–H and O–H groups in total. The van der Waals surface area contributed by atoms with Crippen molar-refractivity contribution < 1.29 is 9.84 Å². The van der Waals surface area contributed by atoms with Gasteiger partial charge in [0.15, 0.2) is 0 Å². The van der Waals surface area contributed by atoms with Crippen LogP contribution >= 0.6 is 0 Å². The van der Waals surface area contributed by atoms with E-state index in [4.69, 9.17) is 4.74 Å². The first kappa shape index (κ1) is 13.3. The van der Waals surface area contributed by atoms with Gasteiger partial charge in [0.1, 0.15) is 0 Å². The zero-order chi connectivity index (χ0) is 14.3. The molecule has 2 nitrogen and oxygen atoms in total. The third-order valence-corrected chi connectivity index (χ3v) is 5.36. The van der Waals surface area contributed by atoms with Crippen LogP contribution in [0, 0.1) is 5.92 Å². The van der Waals surface area contributed by atoms with Gasteiger partial charge >= 0.3 is 0 Å². The average molecular weight is 282 g/mol. The van der Waals surface area contributed by atoms with Crippen LogP contribution < -0.4 is 0 Å². The van der Waals surface area contributed by atoms with E-state index in [1.165, 1.54) is 30.0 Å². The third-order valence-electron chi connectivity index (χ3n) is 5.36. The van der Waals surface area contributed by atoms with Crippen molar-refractivity contribution in [3.63, 3.8) is 0 Å². The van der Waals surface area contributed by atoms with Crippen molar-refractivity contribution in [3.8, 4) is 0 Å². The Kier molecular flexibility index (Phi) is 3.24. The van der Waals surface area contributed by atoms with Crippen molar-refractivity contribution in [1.82, 2.24) is 0 Å². The fourth-order valence-corrected chi connectivity index (χ4v) is 3.92. The predicted octanol–water partition coefficient (Wildman–Crippen LogP) is 4.22. The third kappa shape index (κ3) is 2.37. The summed E-state index contributed by atoms with van der Waals surface area (Å²) in [5.41, 5.74) is 1.15. The molecule has 2 aromatic carbocycles. The molecule has 1 aliphatic carbocycles. The van der Waals surface area contributed by atoms with Gasteiger partial charge < -0.3 is 9.84 Å². The molecule has 1 heterocycles. The summed E-state index contributed by atoms with van der Waals surface area (Å²) in [6, 6.07) is 14.7. The Morgan fingerprint density at radius 1 is 1.10 bits per heavy atom. The molecule has 0 amide bonds. The molecular formula is C19H22O2. The number of rotatable bonds is 2. The Labute approximate surface area is 125 Å². The zero-order valence-electron chi connectivity index (χ0n) is 12.3. The van der Waals surface area contributed by atoms with Gasteiger partial charge in [-0.3, -0.25) is 0 Å². The molecule has 2 atom stereocenters. The number of aliphatic hydroxyl groups excluding tert-OH is 1. The van der Waals surface area contributed by atoms with E-state index in [1.807, 2.05) is 0 Å². The van der Waals surface area contributed by atoms with E-state index in [0.29, 0.717) is 5.92 Å². The molecule has 1 spiro atoms. The van der Waals surface area contributed by atoms with Crippen LogP contribution in [-0.4, -0.2) is 17.3 Å². The van der Waals surface area contributed by atoms with Gasteiger partial charge in [0.25, 0.3) is 0 Å². The van der Waals surface area contributed by atoms with Crippen LogP contribution in [0.5, 0.6) is 0 Å². The summed E-state index contributed by atoms with van der Waals surface area (Å²) >= 11 is 0. The second-order valence-corrected chi connectivity index (χ2v) is 6.69. The molecule has 21 heavy (non-hydrogen) atoms. The summed E-state index contributed by atoms with van der Waals surface area (Å²) in [4.78, 5) is 0.